The molecule has 1 fully saturated rings. The van der Waals surface area contributed by atoms with Gasteiger partial charge in [-0.1, -0.05) is 12.1 Å². The first-order chi connectivity index (χ1) is 10.1. The largest absolute Gasteiger partial charge is 0.508 e. The second-order valence-electron chi connectivity index (χ2n) is 5.93. The van der Waals surface area contributed by atoms with Crippen LogP contribution >= 0.6 is 0 Å². The molecule has 1 amide bonds. The summed E-state index contributed by atoms with van der Waals surface area (Å²) in [7, 11) is 0. The maximum Gasteiger partial charge on any atom is 0.223 e. The third kappa shape index (κ3) is 4.46. The lowest BCUT2D eigenvalue weighted by Crippen LogP contribution is -2.37. The molecule has 0 aromatic heterocycles. The van der Waals surface area contributed by atoms with Gasteiger partial charge in [-0.25, -0.2) is 0 Å². The fourth-order valence-electron chi connectivity index (χ4n) is 2.83. The van der Waals surface area contributed by atoms with Crippen molar-refractivity contribution < 1.29 is 9.90 Å². The summed E-state index contributed by atoms with van der Waals surface area (Å²) in [5.74, 6) is 0.555. The lowest BCUT2D eigenvalue weighted by molar-refractivity contribution is -0.132. The molecule has 0 bridgehead atoms. The van der Waals surface area contributed by atoms with Crippen molar-refractivity contribution in [2.24, 2.45) is 0 Å². The summed E-state index contributed by atoms with van der Waals surface area (Å²) in [5.41, 5.74) is 1.93. The first-order valence-electron chi connectivity index (χ1n) is 7.88. The van der Waals surface area contributed by atoms with Gasteiger partial charge in [0.05, 0.1) is 0 Å². The number of phenols is 1. The van der Waals surface area contributed by atoms with Crippen LogP contribution < -0.4 is 5.32 Å². The third-order valence-corrected chi connectivity index (χ3v) is 4.15. The number of piperidine rings is 1. The number of nitrogens with one attached hydrogen (secondary N) is 1. The van der Waals surface area contributed by atoms with E-state index in [0.717, 1.165) is 37.1 Å². The summed E-state index contributed by atoms with van der Waals surface area (Å²) >= 11 is 0. The van der Waals surface area contributed by atoms with E-state index in [2.05, 4.69) is 5.32 Å². The highest BCUT2D eigenvalue weighted by atomic mass is 16.3. The maximum absolute atomic E-state index is 12.1. The highest BCUT2D eigenvalue weighted by Gasteiger charge is 2.16. The molecule has 0 spiro atoms. The molecule has 2 N–H and O–H groups in total. The van der Waals surface area contributed by atoms with E-state index in [9.17, 15) is 9.90 Å². The highest BCUT2D eigenvalue weighted by Crippen LogP contribution is 2.24. The zero-order valence-corrected chi connectivity index (χ0v) is 13.1. The van der Waals surface area contributed by atoms with Crippen LogP contribution in [0.15, 0.2) is 18.2 Å². The summed E-state index contributed by atoms with van der Waals surface area (Å²) in [6, 6.07) is 5.74. The second kappa shape index (κ2) is 7.46. The molecule has 4 heteroatoms. The number of aryl methyl sites for hydroxylation is 1. The Kier molecular flexibility index (Phi) is 5.62. The van der Waals surface area contributed by atoms with Crippen LogP contribution in [-0.4, -0.2) is 35.5 Å². The Morgan fingerprint density at radius 1 is 1.33 bits per heavy atom. The minimum Gasteiger partial charge on any atom is -0.508 e. The van der Waals surface area contributed by atoms with Gasteiger partial charge >= 0.3 is 0 Å². The number of carbonyl (C=O) groups is 1. The van der Waals surface area contributed by atoms with Crippen molar-refractivity contribution >= 4 is 5.91 Å². The Morgan fingerprint density at radius 3 is 2.71 bits per heavy atom. The average molecular weight is 290 g/mol. The average Bonchev–Trinajstić information content (AvgIpc) is 2.47. The molecule has 0 aliphatic carbocycles. The summed E-state index contributed by atoms with van der Waals surface area (Å²) < 4.78 is 0. The number of aromatic hydroxyl groups is 1. The van der Waals surface area contributed by atoms with Crippen LogP contribution in [0.2, 0.25) is 0 Å². The van der Waals surface area contributed by atoms with Gasteiger partial charge in [-0.05, 0) is 44.7 Å². The van der Waals surface area contributed by atoms with Crippen molar-refractivity contribution in [2.45, 2.75) is 45.6 Å². The van der Waals surface area contributed by atoms with Crippen LogP contribution in [0.4, 0.5) is 0 Å². The Labute approximate surface area is 127 Å². The number of benzene rings is 1. The van der Waals surface area contributed by atoms with Crippen LogP contribution in [0.3, 0.4) is 0 Å². The molecule has 1 aromatic carbocycles. The summed E-state index contributed by atoms with van der Waals surface area (Å²) in [5, 5.41) is 13.3. The van der Waals surface area contributed by atoms with E-state index in [1.807, 2.05) is 30.9 Å². The molecule has 21 heavy (non-hydrogen) atoms. The molecule has 1 saturated heterocycles. The van der Waals surface area contributed by atoms with Crippen molar-refractivity contribution in [1.29, 1.82) is 0 Å². The smallest absolute Gasteiger partial charge is 0.223 e. The normalized spacial score (nSPS) is 16.8. The monoisotopic (exact) mass is 290 g/mol. The highest BCUT2D eigenvalue weighted by molar-refractivity contribution is 5.76. The third-order valence-electron chi connectivity index (χ3n) is 4.15. The minimum atomic E-state index is 0.0414. The summed E-state index contributed by atoms with van der Waals surface area (Å²) in [6.07, 6.45) is 4.03. The number of phenolic OH excluding ortho intramolecular Hbond substituents is 1. The van der Waals surface area contributed by atoms with Crippen molar-refractivity contribution in [3.63, 3.8) is 0 Å². The summed E-state index contributed by atoms with van der Waals surface area (Å²) in [4.78, 5) is 14.0. The van der Waals surface area contributed by atoms with Crippen LogP contribution in [0.5, 0.6) is 5.75 Å². The van der Waals surface area contributed by atoms with Gasteiger partial charge in [0.1, 0.15) is 5.75 Å². The SMILES string of the molecule is Cc1ccc(C(C)NCCC(=O)N2CCCCC2)c(O)c1. The van der Waals surface area contributed by atoms with Crippen molar-refractivity contribution in [3.05, 3.63) is 29.3 Å². The first-order valence-corrected chi connectivity index (χ1v) is 7.88. The topological polar surface area (TPSA) is 52.6 Å². The fourth-order valence-corrected chi connectivity index (χ4v) is 2.83. The van der Waals surface area contributed by atoms with Crippen molar-refractivity contribution in [2.75, 3.05) is 19.6 Å². The van der Waals surface area contributed by atoms with Gasteiger partial charge in [-0.15, -0.1) is 0 Å². The predicted molar refractivity (Wildman–Crippen MR) is 84.3 cm³/mol. The van der Waals surface area contributed by atoms with Crippen LogP contribution in [-0.2, 0) is 4.79 Å². The van der Waals surface area contributed by atoms with E-state index in [-0.39, 0.29) is 11.9 Å². The molecule has 0 saturated carbocycles. The van der Waals surface area contributed by atoms with Crippen LogP contribution in [0.1, 0.15) is 49.8 Å². The number of likely N-dealkylation sites (tertiary alicyclic amines) is 1. The molecular formula is C17H26N2O2. The molecule has 1 unspecified atom stereocenters. The lowest BCUT2D eigenvalue weighted by atomic mass is 10.0. The zero-order valence-electron chi connectivity index (χ0n) is 13.1. The predicted octanol–water partition coefficient (Wildman–Crippen LogP) is 2.75. The van der Waals surface area contributed by atoms with Gasteiger partial charge in [0, 0.05) is 37.7 Å². The molecule has 1 aliphatic heterocycles. The Bertz CT molecular complexity index is 482. The quantitative estimate of drug-likeness (QED) is 0.876. The molecule has 1 atom stereocenters. The second-order valence-corrected chi connectivity index (χ2v) is 5.93. The van der Waals surface area contributed by atoms with Crippen molar-refractivity contribution in [3.8, 4) is 5.75 Å². The molecule has 116 valence electrons. The van der Waals surface area contributed by atoms with E-state index in [4.69, 9.17) is 0 Å². The van der Waals surface area contributed by atoms with Gasteiger partial charge in [-0.2, -0.15) is 0 Å². The molecule has 1 aromatic rings. The number of carbonyl (C=O) groups excluding carboxylic acids is 1. The molecule has 0 radical (unpaired) electrons. The lowest BCUT2D eigenvalue weighted by Gasteiger charge is -2.27. The number of nitrogens with zero attached hydrogens (tertiary/aromatic N) is 1. The van der Waals surface area contributed by atoms with E-state index in [1.165, 1.54) is 6.42 Å². The number of rotatable bonds is 5. The Hall–Kier alpha value is -1.55. The van der Waals surface area contributed by atoms with Gasteiger partial charge < -0.3 is 15.3 Å². The first kappa shape index (κ1) is 15.8. The molecule has 2 rings (SSSR count). The number of hydrogen-bond donors (Lipinski definition) is 2. The van der Waals surface area contributed by atoms with Crippen LogP contribution in [0, 0.1) is 6.92 Å². The number of hydrogen-bond acceptors (Lipinski definition) is 3. The molecule has 1 aliphatic rings. The van der Waals surface area contributed by atoms with Gasteiger partial charge in [0.25, 0.3) is 0 Å². The standard InChI is InChI=1S/C17H26N2O2/c1-13-6-7-15(16(20)12-13)14(2)18-9-8-17(21)19-10-4-3-5-11-19/h6-7,12,14,18,20H,3-5,8-11H2,1-2H3. The van der Waals surface area contributed by atoms with Crippen LogP contribution in [0.25, 0.3) is 0 Å². The fraction of sp³-hybridized carbons (Fsp3) is 0.588. The summed E-state index contributed by atoms with van der Waals surface area (Å²) in [6.45, 7) is 6.43. The van der Waals surface area contributed by atoms with Gasteiger partial charge in [0.15, 0.2) is 0 Å². The molecule has 4 nitrogen and oxygen atoms in total. The van der Waals surface area contributed by atoms with E-state index in [1.54, 1.807) is 6.07 Å². The zero-order chi connectivity index (χ0) is 15.2. The van der Waals surface area contributed by atoms with E-state index < -0.39 is 0 Å². The van der Waals surface area contributed by atoms with Crippen molar-refractivity contribution in [1.82, 2.24) is 10.2 Å². The van der Waals surface area contributed by atoms with E-state index in [0.29, 0.717) is 18.7 Å². The minimum absolute atomic E-state index is 0.0414. The Balaban J connectivity index is 1.78. The molecule has 1 heterocycles. The van der Waals surface area contributed by atoms with E-state index >= 15 is 0 Å². The maximum atomic E-state index is 12.1. The van der Waals surface area contributed by atoms with Gasteiger partial charge in [-0.3, -0.25) is 4.79 Å². The number of amides is 1. The molecular weight excluding hydrogens is 264 g/mol. The Morgan fingerprint density at radius 2 is 2.05 bits per heavy atom. The van der Waals surface area contributed by atoms with Gasteiger partial charge in [0.2, 0.25) is 5.91 Å².